The third-order valence-corrected chi connectivity index (χ3v) is 4.59. The highest BCUT2D eigenvalue weighted by Crippen LogP contribution is 2.39. The number of nitrogens with zero attached hydrogens (tertiary/aromatic N) is 1. The van der Waals surface area contributed by atoms with Crippen LogP contribution in [0.5, 0.6) is 0 Å². The average Bonchev–Trinajstić information content (AvgIpc) is 2.38. The van der Waals surface area contributed by atoms with Gasteiger partial charge in [-0.05, 0) is 32.2 Å². The number of piperidine rings is 1. The molecule has 104 valence electrons. The van der Waals surface area contributed by atoms with Gasteiger partial charge < -0.3 is 14.7 Å². The van der Waals surface area contributed by atoms with Gasteiger partial charge in [0.25, 0.3) is 0 Å². The Hall–Kier alpha value is -0.610. The fourth-order valence-corrected chi connectivity index (χ4v) is 3.39. The molecule has 18 heavy (non-hydrogen) atoms. The van der Waals surface area contributed by atoms with Crippen molar-refractivity contribution in [3.63, 3.8) is 0 Å². The molecular formula is C14H25NO3. The van der Waals surface area contributed by atoms with Gasteiger partial charge in [-0.3, -0.25) is 4.79 Å². The topological polar surface area (TPSA) is 49.8 Å². The molecule has 1 N–H and O–H groups in total. The first-order valence-corrected chi connectivity index (χ1v) is 7.15. The van der Waals surface area contributed by atoms with E-state index in [2.05, 4.69) is 9.64 Å². The van der Waals surface area contributed by atoms with Crippen molar-refractivity contribution in [2.75, 3.05) is 26.7 Å². The molecular weight excluding hydrogens is 230 g/mol. The molecule has 1 heterocycles. The predicted octanol–water partition coefficient (Wildman–Crippen LogP) is 1.57. The Kier molecular flexibility index (Phi) is 4.62. The zero-order valence-electron chi connectivity index (χ0n) is 11.4. The van der Waals surface area contributed by atoms with Crippen molar-refractivity contribution in [1.29, 1.82) is 0 Å². The third-order valence-electron chi connectivity index (χ3n) is 4.59. The monoisotopic (exact) mass is 255 g/mol. The Labute approximate surface area is 109 Å². The quantitative estimate of drug-likeness (QED) is 0.775. The summed E-state index contributed by atoms with van der Waals surface area (Å²) in [4.78, 5) is 13.4. The number of likely N-dealkylation sites (tertiary alicyclic amines) is 1. The van der Waals surface area contributed by atoms with Gasteiger partial charge in [-0.15, -0.1) is 0 Å². The van der Waals surface area contributed by atoms with Gasteiger partial charge >= 0.3 is 5.97 Å². The second-order valence-corrected chi connectivity index (χ2v) is 5.78. The molecule has 2 aliphatic rings. The summed E-state index contributed by atoms with van der Waals surface area (Å²) in [5.41, 5.74) is -0.392. The second-order valence-electron chi connectivity index (χ2n) is 5.78. The van der Waals surface area contributed by atoms with E-state index in [4.69, 9.17) is 0 Å². The number of rotatable bonds is 4. The minimum absolute atomic E-state index is 0.124. The van der Waals surface area contributed by atoms with E-state index in [1.807, 2.05) is 0 Å². The largest absolute Gasteiger partial charge is 0.469 e. The summed E-state index contributed by atoms with van der Waals surface area (Å²) in [6.45, 7) is 2.91. The number of hydrogen-bond donors (Lipinski definition) is 1. The maximum absolute atomic E-state index is 11.1. The van der Waals surface area contributed by atoms with Gasteiger partial charge in [-0.2, -0.15) is 0 Å². The molecule has 0 amide bonds. The smallest absolute Gasteiger partial charge is 0.305 e. The standard InChI is InChI=1S/C14H25NO3/c1-18-13(16)6-4-9-15-10-8-14(17)7-3-2-5-12(14)11-15/h12,17H,2-11H2,1H3. The van der Waals surface area contributed by atoms with E-state index < -0.39 is 5.60 Å². The van der Waals surface area contributed by atoms with Gasteiger partial charge in [-0.25, -0.2) is 0 Å². The highest BCUT2D eigenvalue weighted by molar-refractivity contribution is 5.69. The summed E-state index contributed by atoms with van der Waals surface area (Å²) >= 11 is 0. The Morgan fingerprint density at radius 3 is 3.06 bits per heavy atom. The number of ether oxygens (including phenoxy) is 1. The van der Waals surface area contributed by atoms with Gasteiger partial charge in [0, 0.05) is 25.4 Å². The van der Waals surface area contributed by atoms with Crippen molar-refractivity contribution >= 4 is 5.97 Å². The van der Waals surface area contributed by atoms with E-state index in [9.17, 15) is 9.90 Å². The van der Waals surface area contributed by atoms with E-state index in [0.717, 1.165) is 45.3 Å². The van der Waals surface area contributed by atoms with Crippen LogP contribution in [0.4, 0.5) is 0 Å². The van der Waals surface area contributed by atoms with Crippen LogP contribution >= 0.6 is 0 Å². The van der Waals surface area contributed by atoms with Crippen LogP contribution in [0, 0.1) is 5.92 Å². The van der Waals surface area contributed by atoms with Gasteiger partial charge in [0.05, 0.1) is 12.7 Å². The number of hydrogen-bond acceptors (Lipinski definition) is 4. The lowest BCUT2D eigenvalue weighted by Crippen LogP contribution is -2.53. The molecule has 0 radical (unpaired) electrons. The number of carbonyl (C=O) groups excluding carboxylic acids is 1. The molecule has 0 bridgehead atoms. The zero-order valence-corrected chi connectivity index (χ0v) is 11.4. The van der Waals surface area contributed by atoms with Crippen molar-refractivity contribution in [2.45, 2.75) is 50.5 Å². The molecule has 4 heteroatoms. The molecule has 1 aliphatic heterocycles. The molecule has 2 unspecified atom stereocenters. The Balaban J connectivity index is 1.75. The van der Waals surface area contributed by atoms with Crippen LogP contribution < -0.4 is 0 Å². The molecule has 2 rings (SSSR count). The van der Waals surface area contributed by atoms with Crippen molar-refractivity contribution in [3.8, 4) is 0 Å². The normalized spacial score (nSPS) is 32.9. The van der Waals surface area contributed by atoms with Crippen LogP contribution in [-0.4, -0.2) is 48.3 Å². The molecule has 1 saturated heterocycles. The van der Waals surface area contributed by atoms with Gasteiger partial charge in [0.1, 0.15) is 0 Å². The number of aliphatic hydroxyl groups is 1. The van der Waals surface area contributed by atoms with Gasteiger partial charge in [-0.1, -0.05) is 12.8 Å². The van der Waals surface area contributed by atoms with Crippen molar-refractivity contribution in [3.05, 3.63) is 0 Å². The van der Waals surface area contributed by atoms with Crippen molar-refractivity contribution in [1.82, 2.24) is 4.90 Å². The molecule has 1 saturated carbocycles. The van der Waals surface area contributed by atoms with E-state index >= 15 is 0 Å². The first-order chi connectivity index (χ1) is 8.64. The maximum Gasteiger partial charge on any atom is 0.305 e. The summed E-state index contributed by atoms with van der Waals surface area (Å²) in [5.74, 6) is 0.319. The van der Waals surface area contributed by atoms with Crippen molar-refractivity contribution in [2.24, 2.45) is 5.92 Å². The summed E-state index contributed by atoms with van der Waals surface area (Å²) in [5, 5.41) is 10.6. The van der Waals surface area contributed by atoms with Gasteiger partial charge in [0.2, 0.25) is 0 Å². The first-order valence-electron chi connectivity index (χ1n) is 7.15. The summed E-state index contributed by atoms with van der Waals surface area (Å²) < 4.78 is 4.64. The van der Waals surface area contributed by atoms with E-state index in [1.54, 1.807) is 0 Å². The summed E-state index contributed by atoms with van der Waals surface area (Å²) in [6.07, 6.45) is 6.83. The number of esters is 1. The Morgan fingerprint density at radius 2 is 2.28 bits per heavy atom. The lowest BCUT2D eigenvalue weighted by molar-refractivity contribution is -0.141. The molecule has 4 nitrogen and oxygen atoms in total. The van der Waals surface area contributed by atoms with Crippen LogP contribution in [0.3, 0.4) is 0 Å². The minimum atomic E-state index is -0.392. The number of methoxy groups -OCH3 is 1. The van der Waals surface area contributed by atoms with Crippen LogP contribution in [0.2, 0.25) is 0 Å². The highest BCUT2D eigenvalue weighted by Gasteiger charge is 2.42. The van der Waals surface area contributed by atoms with E-state index in [0.29, 0.717) is 12.3 Å². The van der Waals surface area contributed by atoms with Crippen molar-refractivity contribution < 1.29 is 14.6 Å². The van der Waals surface area contributed by atoms with Crippen LogP contribution in [-0.2, 0) is 9.53 Å². The average molecular weight is 255 g/mol. The molecule has 2 atom stereocenters. The minimum Gasteiger partial charge on any atom is -0.469 e. The Morgan fingerprint density at radius 1 is 1.44 bits per heavy atom. The highest BCUT2D eigenvalue weighted by atomic mass is 16.5. The lowest BCUT2D eigenvalue weighted by atomic mass is 9.71. The summed E-state index contributed by atoms with van der Waals surface area (Å²) in [6, 6.07) is 0. The first kappa shape index (κ1) is 13.8. The lowest BCUT2D eigenvalue weighted by Gasteiger charge is -2.47. The van der Waals surface area contributed by atoms with E-state index in [1.165, 1.54) is 20.0 Å². The summed E-state index contributed by atoms with van der Waals surface area (Å²) in [7, 11) is 1.44. The maximum atomic E-state index is 11.1. The molecule has 0 aromatic heterocycles. The predicted molar refractivity (Wildman–Crippen MR) is 69.2 cm³/mol. The van der Waals surface area contributed by atoms with Crippen LogP contribution in [0.25, 0.3) is 0 Å². The number of fused-ring (bicyclic) bond motifs is 1. The molecule has 0 aromatic carbocycles. The fourth-order valence-electron chi connectivity index (χ4n) is 3.39. The molecule has 0 spiro atoms. The Bertz CT molecular complexity index is 295. The third kappa shape index (κ3) is 3.23. The molecule has 0 aromatic rings. The van der Waals surface area contributed by atoms with E-state index in [-0.39, 0.29) is 5.97 Å². The fraction of sp³-hybridized carbons (Fsp3) is 0.929. The molecule has 1 aliphatic carbocycles. The second kappa shape index (κ2) is 6.02. The SMILES string of the molecule is COC(=O)CCCN1CCC2(O)CCCCC2C1. The van der Waals surface area contributed by atoms with Gasteiger partial charge in [0.15, 0.2) is 0 Å². The number of carbonyl (C=O) groups is 1. The molecule has 2 fully saturated rings. The zero-order chi connectivity index (χ0) is 13.0. The van der Waals surface area contributed by atoms with Crippen LogP contribution in [0.1, 0.15) is 44.9 Å². The van der Waals surface area contributed by atoms with Crippen LogP contribution in [0.15, 0.2) is 0 Å².